The minimum atomic E-state index is 0.665. The Morgan fingerprint density at radius 1 is 0.690 bits per heavy atom. The number of benzene rings is 3. The van der Waals surface area contributed by atoms with Crippen molar-refractivity contribution in [3.63, 3.8) is 0 Å². The van der Waals surface area contributed by atoms with Gasteiger partial charge >= 0.3 is 0 Å². The third kappa shape index (κ3) is 4.98. The van der Waals surface area contributed by atoms with Crippen molar-refractivity contribution in [3.8, 4) is 11.3 Å². The third-order valence-corrected chi connectivity index (χ3v) is 4.96. The monoisotopic (exact) mass is 382 g/mol. The van der Waals surface area contributed by atoms with Crippen molar-refractivity contribution in [2.24, 2.45) is 0 Å². The first-order valence-corrected chi connectivity index (χ1v) is 9.98. The Labute approximate surface area is 172 Å². The molecular weight excluding hydrogens is 356 g/mol. The first-order chi connectivity index (χ1) is 14.2. The molecule has 0 aliphatic rings. The molecule has 0 amide bonds. The van der Waals surface area contributed by atoms with Crippen LogP contribution in [0, 0.1) is 13.8 Å². The van der Waals surface area contributed by atoms with Crippen LogP contribution in [0.25, 0.3) is 11.3 Å². The van der Waals surface area contributed by atoms with E-state index in [1.165, 1.54) is 22.3 Å². The van der Waals surface area contributed by atoms with E-state index < -0.39 is 0 Å². The van der Waals surface area contributed by atoms with Gasteiger partial charge in [-0.25, -0.2) is 0 Å². The maximum Gasteiger partial charge on any atom is 0.117 e. The highest BCUT2D eigenvalue weighted by Gasteiger charge is 2.13. The molecule has 0 aliphatic heterocycles. The number of nitrogens with zero attached hydrogens (tertiary/aromatic N) is 3. The van der Waals surface area contributed by atoms with Gasteiger partial charge in [0.1, 0.15) is 11.4 Å². The van der Waals surface area contributed by atoms with E-state index in [1.807, 2.05) is 18.2 Å². The summed E-state index contributed by atoms with van der Waals surface area (Å²) in [7, 11) is 0. The number of hydrogen-bond donors (Lipinski definition) is 1. The van der Waals surface area contributed by atoms with Crippen LogP contribution in [0.2, 0.25) is 0 Å². The molecule has 0 unspecified atom stereocenters. The average molecular weight is 383 g/mol. The molecule has 0 bridgehead atoms. The fourth-order valence-corrected chi connectivity index (χ4v) is 3.28. The van der Waals surface area contributed by atoms with E-state index in [2.05, 4.69) is 79.8 Å². The Kier molecular flexibility index (Phi) is 5.82. The summed E-state index contributed by atoms with van der Waals surface area (Å²) in [4.78, 5) is 1.80. The van der Waals surface area contributed by atoms with Crippen molar-refractivity contribution in [1.29, 1.82) is 0 Å². The quantitative estimate of drug-likeness (QED) is 0.494. The van der Waals surface area contributed by atoms with E-state index >= 15 is 0 Å². The lowest BCUT2D eigenvalue weighted by atomic mass is 10.1. The minimum absolute atomic E-state index is 0.665. The van der Waals surface area contributed by atoms with Crippen LogP contribution in [-0.4, -0.2) is 15.0 Å². The zero-order chi connectivity index (χ0) is 20.1. The number of aryl methyl sites for hydroxylation is 2. The zero-order valence-electron chi connectivity index (χ0n) is 17.0. The van der Waals surface area contributed by atoms with Gasteiger partial charge in [0, 0.05) is 18.7 Å². The van der Waals surface area contributed by atoms with E-state index in [9.17, 15) is 0 Å². The van der Waals surface area contributed by atoms with Gasteiger partial charge in [0.05, 0.1) is 6.54 Å². The first kappa shape index (κ1) is 19.1. The fourth-order valence-electron chi connectivity index (χ4n) is 3.28. The van der Waals surface area contributed by atoms with Gasteiger partial charge < -0.3 is 5.32 Å². The normalized spacial score (nSPS) is 11.0. The summed E-state index contributed by atoms with van der Waals surface area (Å²) in [6.07, 6.45) is 0. The van der Waals surface area contributed by atoms with Crippen LogP contribution in [-0.2, 0) is 19.6 Å². The molecule has 4 heteroatoms. The van der Waals surface area contributed by atoms with Crippen molar-refractivity contribution >= 4 is 0 Å². The Morgan fingerprint density at radius 3 is 1.97 bits per heavy atom. The second-order valence-corrected chi connectivity index (χ2v) is 7.47. The average Bonchev–Trinajstić information content (AvgIpc) is 3.14. The van der Waals surface area contributed by atoms with Gasteiger partial charge in [-0.15, -0.1) is 0 Å². The van der Waals surface area contributed by atoms with E-state index in [0.29, 0.717) is 13.1 Å². The summed E-state index contributed by atoms with van der Waals surface area (Å²) in [6, 6.07) is 27.4. The van der Waals surface area contributed by atoms with E-state index in [4.69, 9.17) is 10.2 Å². The highest BCUT2D eigenvalue weighted by atomic mass is 15.5. The molecule has 0 radical (unpaired) electrons. The largest absolute Gasteiger partial charge is 0.307 e. The van der Waals surface area contributed by atoms with Gasteiger partial charge in [0.2, 0.25) is 0 Å². The summed E-state index contributed by atoms with van der Waals surface area (Å²) in [5.74, 6) is 0. The van der Waals surface area contributed by atoms with Gasteiger partial charge in [-0.05, 0) is 25.0 Å². The van der Waals surface area contributed by atoms with Crippen LogP contribution >= 0.6 is 0 Å². The maximum atomic E-state index is 4.80. The molecule has 1 N–H and O–H groups in total. The lowest BCUT2D eigenvalue weighted by molar-refractivity contribution is 0.576. The molecule has 0 fully saturated rings. The van der Waals surface area contributed by atoms with E-state index in [0.717, 1.165) is 23.5 Å². The molecule has 0 saturated heterocycles. The van der Waals surface area contributed by atoms with Crippen LogP contribution in [0.3, 0.4) is 0 Å². The molecule has 1 aromatic heterocycles. The number of rotatable bonds is 7. The predicted octanol–water partition coefficient (Wildman–Crippen LogP) is 4.90. The predicted molar refractivity (Wildman–Crippen MR) is 117 cm³/mol. The smallest absolute Gasteiger partial charge is 0.117 e. The summed E-state index contributed by atoms with van der Waals surface area (Å²) < 4.78 is 0. The fraction of sp³-hybridized carbons (Fsp3) is 0.200. The van der Waals surface area contributed by atoms with Crippen molar-refractivity contribution < 1.29 is 0 Å². The molecule has 4 aromatic rings. The highest BCUT2D eigenvalue weighted by molar-refractivity contribution is 5.60. The summed E-state index contributed by atoms with van der Waals surface area (Å²) in [6.45, 7) is 6.35. The molecule has 146 valence electrons. The molecule has 3 aromatic carbocycles. The Hall–Kier alpha value is -3.24. The molecular formula is C25H26N4. The molecule has 0 spiro atoms. The highest BCUT2D eigenvalue weighted by Crippen LogP contribution is 2.20. The SMILES string of the molecule is Cc1ccc(CNCc2nn(Cc3ccc(C)cc3)nc2-c2ccccc2)cc1. The Morgan fingerprint density at radius 2 is 1.31 bits per heavy atom. The molecule has 29 heavy (non-hydrogen) atoms. The first-order valence-electron chi connectivity index (χ1n) is 9.98. The van der Waals surface area contributed by atoms with Crippen LogP contribution in [0.5, 0.6) is 0 Å². The molecule has 0 saturated carbocycles. The summed E-state index contributed by atoms with van der Waals surface area (Å²) in [5.41, 5.74) is 8.00. The van der Waals surface area contributed by atoms with Crippen molar-refractivity contribution in [2.75, 3.05) is 0 Å². The van der Waals surface area contributed by atoms with E-state index in [-0.39, 0.29) is 0 Å². The van der Waals surface area contributed by atoms with Crippen molar-refractivity contribution in [1.82, 2.24) is 20.3 Å². The Balaban J connectivity index is 1.53. The van der Waals surface area contributed by atoms with Crippen LogP contribution < -0.4 is 5.32 Å². The number of hydrogen-bond acceptors (Lipinski definition) is 3. The van der Waals surface area contributed by atoms with Gasteiger partial charge in [-0.3, -0.25) is 0 Å². The lowest BCUT2D eigenvalue weighted by Gasteiger charge is -2.05. The van der Waals surface area contributed by atoms with Crippen LogP contribution in [0.1, 0.15) is 27.9 Å². The van der Waals surface area contributed by atoms with Crippen molar-refractivity contribution in [3.05, 3.63) is 107 Å². The summed E-state index contributed by atoms with van der Waals surface area (Å²) >= 11 is 0. The van der Waals surface area contributed by atoms with Crippen molar-refractivity contribution in [2.45, 2.75) is 33.5 Å². The lowest BCUT2D eigenvalue weighted by Crippen LogP contribution is -2.14. The summed E-state index contributed by atoms with van der Waals surface area (Å²) in [5, 5.41) is 13.1. The molecule has 1 heterocycles. The van der Waals surface area contributed by atoms with E-state index in [1.54, 1.807) is 4.80 Å². The topological polar surface area (TPSA) is 42.7 Å². The van der Waals surface area contributed by atoms with Gasteiger partial charge in [-0.2, -0.15) is 15.0 Å². The van der Waals surface area contributed by atoms with Gasteiger partial charge in [-0.1, -0.05) is 90.0 Å². The second kappa shape index (κ2) is 8.84. The number of nitrogens with one attached hydrogen (secondary N) is 1. The standard InChI is InChI=1S/C25H26N4/c1-19-8-12-21(13-9-19)16-26-17-24-25(23-6-4-3-5-7-23)28-29(27-24)18-22-14-10-20(2)11-15-22/h3-15,26H,16-18H2,1-2H3. The zero-order valence-corrected chi connectivity index (χ0v) is 17.0. The number of aromatic nitrogens is 3. The second-order valence-electron chi connectivity index (χ2n) is 7.47. The molecule has 0 atom stereocenters. The van der Waals surface area contributed by atoms with Gasteiger partial charge in [0.15, 0.2) is 0 Å². The third-order valence-electron chi connectivity index (χ3n) is 4.96. The molecule has 4 nitrogen and oxygen atoms in total. The molecule has 0 aliphatic carbocycles. The minimum Gasteiger partial charge on any atom is -0.307 e. The Bertz CT molecular complexity index is 1050. The van der Waals surface area contributed by atoms with Crippen LogP contribution in [0.15, 0.2) is 78.9 Å². The maximum absolute atomic E-state index is 4.80. The van der Waals surface area contributed by atoms with Crippen LogP contribution in [0.4, 0.5) is 0 Å². The molecule has 4 rings (SSSR count). The van der Waals surface area contributed by atoms with Gasteiger partial charge in [0.25, 0.3) is 0 Å².